The van der Waals surface area contributed by atoms with Gasteiger partial charge in [-0.1, -0.05) is 12.1 Å². The molecule has 6 nitrogen and oxygen atoms in total. The number of aryl methyl sites for hydroxylation is 1. The van der Waals surface area contributed by atoms with E-state index in [0.29, 0.717) is 18.2 Å². The molecule has 1 aromatic carbocycles. The lowest BCUT2D eigenvalue weighted by molar-refractivity contribution is -0.120. The smallest absolute Gasteiger partial charge is 0.319 e. The highest BCUT2D eigenvalue weighted by atomic mass is 16.2. The van der Waals surface area contributed by atoms with E-state index in [2.05, 4.69) is 16.0 Å². The number of nitrogens with one attached hydrogen (secondary N) is 3. The molecule has 1 aliphatic carbocycles. The molecule has 1 aliphatic rings. The first-order valence-corrected chi connectivity index (χ1v) is 7.18. The molecule has 1 unspecified atom stereocenters. The lowest BCUT2D eigenvalue weighted by Gasteiger charge is -2.12. The summed E-state index contributed by atoms with van der Waals surface area (Å²) in [5.74, 6) is 0.313. The topological polar surface area (TPSA) is 96.2 Å². The van der Waals surface area contributed by atoms with Crippen molar-refractivity contribution in [2.45, 2.75) is 25.8 Å². The Balaban J connectivity index is 1.64. The van der Waals surface area contributed by atoms with E-state index < -0.39 is 6.03 Å². The highest BCUT2D eigenvalue weighted by Crippen LogP contribution is 2.31. The molecule has 3 amide bonds. The third-order valence-electron chi connectivity index (χ3n) is 3.45. The van der Waals surface area contributed by atoms with Crippen LogP contribution in [0.15, 0.2) is 24.3 Å². The predicted molar refractivity (Wildman–Crippen MR) is 81.9 cm³/mol. The van der Waals surface area contributed by atoms with Crippen LogP contribution in [0.3, 0.4) is 0 Å². The van der Waals surface area contributed by atoms with Gasteiger partial charge in [-0.3, -0.25) is 4.79 Å². The second-order valence-electron chi connectivity index (χ2n) is 5.48. The van der Waals surface area contributed by atoms with Crippen molar-refractivity contribution >= 4 is 17.6 Å². The molecule has 114 valence electrons. The van der Waals surface area contributed by atoms with Gasteiger partial charge in [0.2, 0.25) is 5.91 Å². The van der Waals surface area contributed by atoms with Gasteiger partial charge in [0, 0.05) is 18.3 Å². The number of hydrogen-bond donors (Lipinski definition) is 4. The van der Waals surface area contributed by atoms with Crippen molar-refractivity contribution in [1.29, 1.82) is 0 Å². The first-order valence-electron chi connectivity index (χ1n) is 7.18. The molecular weight excluding hydrogens is 268 g/mol. The summed E-state index contributed by atoms with van der Waals surface area (Å²) in [5, 5.41) is 7.92. The van der Waals surface area contributed by atoms with Crippen molar-refractivity contribution in [2.75, 3.05) is 18.4 Å². The second-order valence-corrected chi connectivity index (χ2v) is 5.48. The van der Waals surface area contributed by atoms with Crippen LogP contribution in [0.5, 0.6) is 0 Å². The molecule has 1 saturated carbocycles. The fourth-order valence-corrected chi connectivity index (χ4v) is 2.04. The van der Waals surface area contributed by atoms with Crippen molar-refractivity contribution in [3.8, 4) is 0 Å². The molecule has 0 saturated heterocycles. The zero-order chi connectivity index (χ0) is 15.2. The van der Waals surface area contributed by atoms with E-state index in [1.54, 1.807) is 6.07 Å². The molecule has 1 aromatic rings. The van der Waals surface area contributed by atoms with Crippen LogP contribution in [0.2, 0.25) is 0 Å². The van der Waals surface area contributed by atoms with Crippen LogP contribution in [-0.4, -0.2) is 31.1 Å². The first-order chi connectivity index (χ1) is 10.0. The van der Waals surface area contributed by atoms with Crippen molar-refractivity contribution < 1.29 is 9.59 Å². The third kappa shape index (κ3) is 5.43. The van der Waals surface area contributed by atoms with Crippen LogP contribution in [0, 0.1) is 12.8 Å². The second kappa shape index (κ2) is 7.08. The maximum atomic E-state index is 11.7. The molecule has 0 spiro atoms. The summed E-state index contributed by atoms with van der Waals surface area (Å²) in [6.45, 7) is 2.35. The number of urea groups is 1. The number of nitrogens with two attached hydrogens (primary N) is 1. The number of rotatable bonds is 6. The summed E-state index contributed by atoms with van der Waals surface area (Å²) < 4.78 is 0. The summed E-state index contributed by atoms with van der Waals surface area (Å²) in [6, 6.07) is 7.07. The molecule has 0 aliphatic heterocycles. The van der Waals surface area contributed by atoms with Gasteiger partial charge in [0.15, 0.2) is 0 Å². The maximum Gasteiger partial charge on any atom is 0.319 e. The van der Waals surface area contributed by atoms with Crippen LogP contribution in [0.4, 0.5) is 10.5 Å². The molecule has 21 heavy (non-hydrogen) atoms. The minimum atomic E-state index is -0.401. The summed E-state index contributed by atoms with van der Waals surface area (Å²) in [5.41, 5.74) is 7.64. The Hall–Kier alpha value is -2.08. The van der Waals surface area contributed by atoms with E-state index in [1.165, 1.54) is 0 Å². The number of carbonyl (C=O) groups excluding carboxylic acids is 2. The van der Waals surface area contributed by atoms with E-state index in [1.807, 2.05) is 25.1 Å². The molecule has 0 aromatic heterocycles. The minimum Gasteiger partial charge on any atom is -0.353 e. The Morgan fingerprint density at radius 3 is 2.76 bits per heavy atom. The zero-order valence-corrected chi connectivity index (χ0v) is 12.2. The lowest BCUT2D eigenvalue weighted by Crippen LogP contribution is -2.43. The van der Waals surface area contributed by atoms with E-state index in [9.17, 15) is 9.59 Å². The normalized spacial score (nSPS) is 15.1. The Kier molecular flexibility index (Phi) is 5.16. The summed E-state index contributed by atoms with van der Waals surface area (Å²) in [4.78, 5) is 23.2. The standard InChI is InChI=1S/C15H22N4O2/c1-10-3-2-4-12(7-10)19-15(21)18-9-14(20)17-8-13(16)11-5-6-11/h2-4,7,11,13H,5-6,8-9,16H2,1H3,(H,17,20)(H2,18,19,21). The molecule has 0 radical (unpaired) electrons. The van der Waals surface area contributed by atoms with Gasteiger partial charge in [-0.2, -0.15) is 0 Å². The molecule has 6 heteroatoms. The summed E-state index contributed by atoms with van der Waals surface area (Å²) >= 11 is 0. The Morgan fingerprint density at radius 1 is 1.33 bits per heavy atom. The maximum absolute atomic E-state index is 11.7. The number of hydrogen-bond acceptors (Lipinski definition) is 3. The number of amides is 3. The number of anilines is 1. The lowest BCUT2D eigenvalue weighted by atomic mass is 10.2. The molecule has 1 fully saturated rings. The Morgan fingerprint density at radius 2 is 2.10 bits per heavy atom. The van der Waals surface area contributed by atoms with E-state index in [4.69, 9.17) is 5.73 Å². The van der Waals surface area contributed by atoms with Gasteiger partial charge in [0.1, 0.15) is 0 Å². The average Bonchev–Trinajstić information content (AvgIpc) is 3.27. The van der Waals surface area contributed by atoms with Gasteiger partial charge in [-0.25, -0.2) is 4.79 Å². The van der Waals surface area contributed by atoms with Gasteiger partial charge in [0.25, 0.3) is 0 Å². The minimum absolute atomic E-state index is 0.0232. The first kappa shape index (κ1) is 15.3. The quantitative estimate of drug-likeness (QED) is 0.628. The fraction of sp³-hybridized carbons (Fsp3) is 0.467. The van der Waals surface area contributed by atoms with Crippen LogP contribution in [0.1, 0.15) is 18.4 Å². The van der Waals surface area contributed by atoms with E-state index in [-0.39, 0.29) is 18.5 Å². The zero-order valence-electron chi connectivity index (χ0n) is 12.2. The predicted octanol–water partition coefficient (Wildman–Crippen LogP) is 0.970. The monoisotopic (exact) mass is 290 g/mol. The average molecular weight is 290 g/mol. The van der Waals surface area contributed by atoms with E-state index >= 15 is 0 Å². The number of benzene rings is 1. The van der Waals surface area contributed by atoms with Crippen molar-refractivity contribution in [1.82, 2.24) is 10.6 Å². The van der Waals surface area contributed by atoms with Crippen molar-refractivity contribution in [3.63, 3.8) is 0 Å². The summed E-state index contributed by atoms with van der Waals surface area (Å²) in [6.07, 6.45) is 2.29. The molecule has 2 rings (SSSR count). The van der Waals surface area contributed by atoms with E-state index in [0.717, 1.165) is 18.4 Å². The molecule has 0 bridgehead atoms. The highest BCUT2D eigenvalue weighted by molar-refractivity contribution is 5.92. The third-order valence-corrected chi connectivity index (χ3v) is 3.45. The van der Waals surface area contributed by atoms with Crippen molar-refractivity contribution in [3.05, 3.63) is 29.8 Å². The van der Waals surface area contributed by atoms with Gasteiger partial charge >= 0.3 is 6.03 Å². The summed E-state index contributed by atoms with van der Waals surface area (Å²) in [7, 11) is 0. The SMILES string of the molecule is Cc1cccc(NC(=O)NCC(=O)NCC(N)C2CC2)c1. The van der Waals surface area contributed by atoms with Crippen LogP contribution < -0.4 is 21.7 Å². The van der Waals surface area contributed by atoms with Gasteiger partial charge in [-0.15, -0.1) is 0 Å². The molecular formula is C15H22N4O2. The van der Waals surface area contributed by atoms with Crippen LogP contribution in [-0.2, 0) is 4.79 Å². The van der Waals surface area contributed by atoms with Gasteiger partial charge in [-0.05, 0) is 43.4 Å². The van der Waals surface area contributed by atoms with Crippen molar-refractivity contribution in [2.24, 2.45) is 11.7 Å². The molecule has 0 heterocycles. The fourth-order valence-electron chi connectivity index (χ4n) is 2.04. The van der Waals surface area contributed by atoms with Gasteiger partial charge < -0.3 is 21.7 Å². The van der Waals surface area contributed by atoms with Crippen LogP contribution in [0.25, 0.3) is 0 Å². The Labute approximate surface area is 124 Å². The molecule has 5 N–H and O–H groups in total. The largest absolute Gasteiger partial charge is 0.353 e. The number of carbonyl (C=O) groups is 2. The van der Waals surface area contributed by atoms with Gasteiger partial charge in [0.05, 0.1) is 6.54 Å². The Bertz CT molecular complexity index is 514. The molecule has 1 atom stereocenters. The highest BCUT2D eigenvalue weighted by Gasteiger charge is 2.28. The van der Waals surface area contributed by atoms with Crippen LogP contribution >= 0.6 is 0 Å².